The standard InChI is InChI=1S/C16H21F2N3/c1-9-6-16(18)13(7-15(9)17)10(2)19-8-14-11(3)20-21(5)12(14)4/h6-7,10,19H,8H2,1-5H3. The van der Waals surface area contributed by atoms with E-state index in [0.29, 0.717) is 17.7 Å². The first-order valence-electron chi connectivity index (χ1n) is 6.99. The molecule has 1 aromatic carbocycles. The number of benzene rings is 1. The SMILES string of the molecule is Cc1cc(F)c(C(C)NCc2c(C)nn(C)c2C)cc1F. The average molecular weight is 293 g/mol. The molecule has 5 heteroatoms. The van der Waals surface area contributed by atoms with Gasteiger partial charge < -0.3 is 5.32 Å². The molecular weight excluding hydrogens is 272 g/mol. The van der Waals surface area contributed by atoms with Gasteiger partial charge >= 0.3 is 0 Å². The fraction of sp³-hybridized carbons (Fsp3) is 0.438. The van der Waals surface area contributed by atoms with Crippen LogP contribution in [0.2, 0.25) is 0 Å². The minimum atomic E-state index is -0.381. The van der Waals surface area contributed by atoms with Crippen molar-refractivity contribution in [1.29, 1.82) is 0 Å². The van der Waals surface area contributed by atoms with Crippen LogP contribution in [0.25, 0.3) is 0 Å². The monoisotopic (exact) mass is 293 g/mol. The summed E-state index contributed by atoms with van der Waals surface area (Å²) in [5.41, 5.74) is 3.78. The van der Waals surface area contributed by atoms with E-state index in [1.807, 2.05) is 32.5 Å². The van der Waals surface area contributed by atoms with Crippen LogP contribution in [-0.4, -0.2) is 9.78 Å². The van der Waals surface area contributed by atoms with Gasteiger partial charge in [-0.15, -0.1) is 0 Å². The zero-order valence-electron chi connectivity index (χ0n) is 13.1. The molecular formula is C16H21F2N3. The first-order valence-corrected chi connectivity index (χ1v) is 6.99. The molecule has 0 amide bonds. The number of hydrogen-bond donors (Lipinski definition) is 1. The molecule has 21 heavy (non-hydrogen) atoms. The van der Waals surface area contributed by atoms with Crippen LogP contribution in [0, 0.1) is 32.4 Å². The summed E-state index contributed by atoms with van der Waals surface area (Å²) in [6.07, 6.45) is 0. The van der Waals surface area contributed by atoms with E-state index in [9.17, 15) is 8.78 Å². The Morgan fingerprint density at radius 2 is 1.86 bits per heavy atom. The van der Waals surface area contributed by atoms with Crippen LogP contribution in [-0.2, 0) is 13.6 Å². The molecule has 0 aliphatic heterocycles. The van der Waals surface area contributed by atoms with E-state index >= 15 is 0 Å². The predicted octanol–water partition coefficient (Wildman–Crippen LogP) is 3.47. The Hall–Kier alpha value is -1.75. The Kier molecular flexibility index (Phi) is 4.42. The molecule has 1 aromatic heterocycles. The number of hydrogen-bond acceptors (Lipinski definition) is 2. The molecule has 0 spiro atoms. The Morgan fingerprint density at radius 3 is 2.43 bits per heavy atom. The molecule has 2 rings (SSSR count). The maximum absolute atomic E-state index is 13.9. The van der Waals surface area contributed by atoms with Gasteiger partial charge in [-0.3, -0.25) is 4.68 Å². The molecule has 1 unspecified atom stereocenters. The summed E-state index contributed by atoms with van der Waals surface area (Å²) in [6, 6.07) is 2.23. The molecule has 3 nitrogen and oxygen atoms in total. The van der Waals surface area contributed by atoms with Gasteiger partial charge in [-0.25, -0.2) is 8.78 Å². The van der Waals surface area contributed by atoms with Crippen LogP contribution >= 0.6 is 0 Å². The van der Waals surface area contributed by atoms with Gasteiger partial charge in [-0.05, 0) is 45.4 Å². The van der Waals surface area contributed by atoms with Crippen LogP contribution in [0.5, 0.6) is 0 Å². The van der Waals surface area contributed by atoms with E-state index < -0.39 is 0 Å². The van der Waals surface area contributed by atoms with Gasteiger partial charge in [-0.2, -0.15) is 5.10 Å². The highest BCUT2D eigenvalue weighted by atomic mass is 19.1. The predicted molar refractivity (Wildman–Crippen MR) is 79.0 cm³/mol. The smallest absolute Gasteiger partial charge is 0.128 e. The number of nitrogens with zero attached hydrogens (tertiary/aromatic N) is 2. The van der Waals surface area contributed by atoms with Crippen LogP contribution in [0.15, 0.2) is 12.1 Å². The van der Waals surface area contributed by atoms with E-state index in [1.54, 1.807) is 6.92 Å². The van der Waals surface area contributed by atoms with Crippen molar-refractivity contribution in [3.05, 3.63) is 51.8 Å². The molecule has 0 aliphatic rings. The van der Waals surface area contributed by atoms with E-state index in [0.717, 1.165) is 17.0 Å². The van der Waals surface area contributed by atoms with Gasteiger partial charge in [0.25, 0.3) is 0 Å². The summed E-state index contributed by atoms with van der Waals surface area (Å²) in [7, 11) is 1.89. The van der Waals surface area contributed by atoms with Crippen molar-refractivity contribution in [3.63, 3.8) is 0 Å². The summed E-state index contributed by atoms with van der Waals surface area (Å²) in [5, 5.41) is 7.58. The second-order valence-corrected chi connectivity index (χ2v) is 5.50. The maximum atomic E-state index is 13.9. The lowest BCUT2D eigenvalue weighted by atomic mass is 10.0. The number of aromatic nitrogens is 2. The molecule has 0 saturated carbocycles. The van der Waals surface area contributed by atoms with Gasteiger partial charge in [0.05, 0.1) is 5.69 Å². The fourth-order valence-corrected chi connectivity index (χ4v) is 2.43. The van der Waals surface area contributed by atoms with Gasteiger partial charge in [0.2, 0.25) is 0 Å². The normalized spacial score (nSPS) is 12.7. The Morgan fingerprint density at radius 1 is 1.19 bits per heavy atom. The molecule has 114 valence electrons. The van der Waals surface area contributed by atoms with Gasteiger partial charge in [0.15, 0.2) is 0 Å². The summed E-state index contributed by atoms with van der Waals surface area (Å²) >= 11 is 0. The summed E-state index contributed by atoms with van der Waals surface area (Å²) < 4.78 is 29.4. The zero-order chi connectivity index (χ0) is 15.7. The summed E-state index contributed by atoms with van der Waals surface area (Å²) in [5.74, 6) is -0.762. The highest BCUT2D eigenvalue weighted by Crippen LogP contribution is 2.21. The summed E-state index contributed by atoms with van der Waals surface area (Å²) in [4.78, 5) is 0. The Labute approximate surface area is 124 Å². The van der Waals surface area contributed by atoms with E-state index in [1.165, 1.54) is 12.1 Å². The molecule has 0 radical (unpaired) electrons. The van der Waals surface area contributed by atoms with E-state index in [4.69, 9.17) is 0 Å². The highest BCUT2D eigenvalue weighted by Gasteiger charge is 2.15. The van der Waals surface area contributed by atoms with E-state index in [2.05, 4.69) is 10.4 Å². The highest BCUT2D eigenvalue weighted by molar-refractivity contribution is 5.28. The minimum Gasteiger partial charge on any atom is -0.306 e. The minimum absolute atomic E-state index is 0.279. The second-order valence-electron chi connectivity index (χ2n) is 5.50. The van der Waals surface area contributed by atoms with Gasteiger partial charge in [0, 0.05) is 36.5 Å². The average Bonchev–Trinajstić information content (AvgIpc) is 2.65. The molecule has 0 bridgehead atoms. The van der Waals surface area contributed by atoms with Crippen molar-refractivity contribution in [2.24, 2.45) is 7.05 Å². The Balaban J connectivity index is 2.15. The van der Waals surface area contributed by atoms with Crippen LogP contribution in [0.1, 0.15) is 41.0 Å². The van der Waals surface area contributed by atoms with Gasteiger partial charge in [-0.1, -0.05) is 0 Å². The number of nitrogens with one attached hydrogen (secondary N) is 1. The van der Waals surface area contributed by atoms with Crippen LogP contribution in [0.3, 0.4) is 0 Å². The first-order chi connectivity index (χ1) is 9.81. The van der Waals surface area contributed by atoms with Crippen LogP contribution < -0.4 is 5.32 Å². The molecule has 0 aliphatic carbocycles. The van der Waals surface area contributed by atoms with Gasteiger partial charge in [0.1, 0.15) is 11.6 Å². The van der Waals surface area contributed by atoms with Crippen molar-refractivity contribution in [2.45, 2.75) is 40.3 Å². The third-order valence-corrected chi connectivity index (χ3v) is 3.99. The van der Waals surface area contributed by atoms with Crippen molar-refractivity contribution in [2.75, 3.05) is 0 Å². The number of aryl methyl sites for hydroxylation is 3. The lowest BCUT2D eigenvalue weighted by molar-refractivity contribution is 0.515. The maximum Gasteiger partial charge on any atom is 0.128 e. The van der Waals surface area contributed by atoms with Crippen molar-refractivity contribution >= 4 is 0 Å². The molecule has 0 fully saturated rings. The molecule has 1 N–H and O–H groups in total. The third-order valence-electron chi connectivity index (χ3n) is 3.99. The van der Waals surface area contributed by atoms with Crippen molar-refractivity contribution in [1.82, 2.24) is 15.1 Å². The Bertz CT molecular complexity index is 662. The van der Waals surface area contributed by atoms with Crippen LogP contribution in [0.4, 0.5) is 8.78 Å². The number of halogens is 2. The molecule has 2 aromatic rings. The second kappa shape index (κ2) is 5.93. The quantitative estimate of drug-likeness (QED) is 0.935. The lowest BCUT2D eigenvalue weighted by Crippen LogP contribution is -2.20. The largest absolute Gasteiger partial charge is 0.306 e. The lowest BCUT2D eigenvalue weighted by Gasteiger charge is -2.16. The number of rotatable bonds is 4. The van der Waals surface area contributed by atoms with Crippen molar-refractivity contribution < 1.29 is 8.78 Å². The molecule has 1 heterocycles. The topological polar surface area (TPSA) is 29.9 Å². The third kappa shape index (κ3) is 3.13. The zero-order valence-corrected chi connectivity index (χ0v) is 13.1. The molecule has 0 saturated heterocycles. The van der Waals surface area contributed by atoms with Crippen molar-refractivity contribution in [3.8, 4) is 0 Å². The summed E-state index contributed by atoms with van der Waals surface area (Å²) in [6.45, 7) is 7.90. The van der Waals surface area contributed by atoms with E-state index in [-0.39, 0.29) is 17.7 Å². The fourth-order valence-electron chi connectivity index (χ4n) is 2.43. The molecule has 1 atom stereocenters. The first kappa shape index (κ1) is 15.6.